The summed E-state index contributed by atoms with van der Waals surface area (Å²) in [6.07, 6.45) is 3.10. The fraction of sp³-hybridized carbons (Fsp3) is 0.400. The molecule has 0 spiro atoms. The molecule has 0 bridgehead atoms. The highest BCUT2D eigenvalue weighted by molar-refractivity contribution is 6.01. The number of carbonyl (C=O) groups excluding carboxylic acids is 2. The number of methoxy groups -OCH3 is 1. The third-order valence-corrected chi connectivity index (χ3v) is 2.81. The van der Waals surface area contributed by atoms with E-state index in [1.807, 2.05) is 13.0 Å². The molecule has 0 fully saturated rings. The maximum absolute atomic E-state index is 11.8. The Labute approximate surface area is 123 Å². The molecule has 0 aliphatic carbocycles. The van der Waals surface area contributed by atoms with Crippen molar-refractivity contribution < 1.29 is 18.7 Å². The molecule has 1 heterocycles. The molecule has 0 aliphatic heterocycles. The van der Waals surface area contributed by atoms with Gasteiger partial charge in [-0.3, -0.25) is 4.79 Å². The standard InChI is InChI=1S/C15H18N2O4/c1-4-5-6-17-14(18)11(9-16)7-12-8-13(10(2)21-12)15(19)20-3/h7-8H,4-6H2,1-3H3,(H,17,18)/b11-7+. The van der Waals surface area contributed by atoms with Crippen LogP contribution in [0.3, 0.4) is 0 Å². The van der Waals surface area contributed by atoms with Crippen LogP contribution in [0.5, 0.6) is 0 Å². The van der Waals surface area contributed by atoms with E-state index >= 15 is 0 Å². The van der Waals surface area contributed by atoms with Gasteiger partial charge in [-0.05, 0) is 19.4 Å². The van der Waals surface area contributed by atoms with Gasteiger partial charge in [-0.1, -0.05) is 13.3 Å². The van der Waals surface area contributed by atoms with Crippen LogP contribution in [0.15, 0.2) is 16.1 Å². The first-order chi connectivity index (χ1) is 10.0. The number of esters is 1. The Hall–Kier alpha value is -2.55. The summed E-state index contributed by atoms with van der Waals surface area (Å²) in [6.45, 7) is 4.13. The lowest BCUT2D eigenvalue weighted by Crippen LogP contribution is -2.25. The van der Waals surface area contributed by atoms with Crippen molar-refractivity contribution in [2.75, 3.05) is 13.7 Å². The molecule has 0 saturated carbocycles. The van der Waals surface area contributed by atoms with Crippen LogP contribution in [0, 0.1) is 18.3 Å². The topological polar surface area (TPSA) is 92.3 Å². The number of ether oxygens (including phenoxy) is 1. The average molecular weight is 290 g/mol. The van der Waals surface area contributed by atoms with E-state index in [4.69, 9.17) is 9.68 Å². The van der Waals surface area contributed by atoms with E-state index in [2.05, 4.69) is 10.1 Å². The molecule has 0 aromatic carbocycles. The summed E-state index contributed by atoms with van der Waals surface area (Å²) in [6, 6.07) is 3.26. The molecule has 1 aromatic heterocycles. The van der Waals surface area contributed by atoms with Gasteiger partial charge < -0.3 is 14.5 Å². The number of hydrogen-bond donors (Lipinski definition) is 1. The van der Waals surface area contributed by atoms with Crippen molar-refractivity contribution in [1.29, 1.82) is 5.26 Å². The molecule has 0 aliphatic rings. The molecular weight excluding hydrogens is 272 g/mol. The predicted octanol–water partition coefficient (Wildman–Crippen LogP) is 2.20. The third kappa shape index (κ3) is 4.49. The largest absolute Gasteiger partial charge is 0.465 e. The van der Waals surface area contributed by atoms with E-state index in [0.29, 0.717) is 12.3 Å². The molecule has 0 radical (unpaired) electrons. The van der Waals surface area contributed by atoms with Crippen molar-refractivity contribution in [3.63, 3.8) is 0 Å². The fourth-order valence-electron chi connectivity index (χ4n) is 1.65. The number of hydrogen-bond acceptors (Lipinski definition) is 5. The molecule has 0 atom stereocenters. The SMILES string of the molecule is CCCCNC(=O)/C(C#N)=C/c1cc(C(=O)OC)c(C)o1. The zero-order chi connectivity index (χ0) is 15.8. The van der Waals surface area contributed by atoms with Gasteiger partial charge in [0.05, 0.1) is 7.11 Å². The molecule has 21 heavy (non-hydrogen) atoms. The number of aryl methyl sites for hydroxylation is 1. The smallest absolute Gasteiger partial charge is 0.341 e. The highest BCUT2D eigenvalue weighted by Gasteiger charge is 2.16. The van der Waals surface area contributed by atoms with Gasteiger partial charge in [0.15, 0.2) is 0 Å². The monoisotopic (exact) mass is 290 g/mol. The third-order valence-electron chi connectivity index (χ3n) is 2.81. The zero-order valence-electron chi connectivity index (χ0n) is 12.4. The minimum absolute atomic E-state index is 0.0729. The van der Waals surface area contributed by atoms with E-state index in [9.17, 15) is 9.59 Å². The summed E-state index contributed by atoms with van der Waals surface area (Å²) in [5.41, 5.74) is 0.198. The lowest BCUT2D eigenvalue weighted by Gasteiger charge is -2.01. The van der Waals surface area contributed by atoms with Crippen LogP contribution >= 0.6 is 0 Å². The summed E-state index contributed by atoms with van der Waals surface area (Å²) in [5.74, 6) is -0.353. The van der Waals surface area contributed by atoms with Crippen LogP contribution in [-0.4, -0.2) is 25.5 Å². The van der Waals surface area contributed by atoms with Crippen molar-refractivity contribution in [3.05, 3.63) is 28.7 Å². The Morgan fingerprint density at radius 3 is 2.81 bits per heavy atom. The van der Waals surface area contributed by atoms with Crippen LogP contribution < -0.4 is 5.32 Å². The number of rotatable bonds is 6. The van der Waals surface area contributed by atoms with Gasteiger partial charge in [0.2, 0.25) is 0 Å². The highest BCUT2D eigenvalue weighted by atomic mass is 16.5. The lowest BCUT2D eigenvalue weighted by atomic mass is 10.2. The van der Waals surface area contributed by atoms with Gasteiger partial charge >= 0.3 is 5.97 Å². The van der Waals surface area contributed by atoms with Crippen LogP contribution in [0.4, 0.5) is 0 Å². The zero-order valence-corrected chi connectivity index (χ0v) is 12.4. The first-order valence-electron chi connectivity index (χ1n) is 6.62. The van der Waals surface area contributed by atoms with Crippen LogP contribution in [0.2, 0.25) is 0 Å². The van der Waals surface area contributed by atoms with Gasteiger partial charge in [0, 0.05) is 12.6 Å². The van der Waals surface area contributed by atoms with Crippen molar-refractivity contribution in [2.24, 2.45) is 0 Å². The number of amides is 1. The summed E-state index contributed by atoms with van der Waals surface area (Å²) in [5, 5.41) is 11.7. The van der Waals surface area contributed by atoms with Crippen molar-refractivity contribution in [1.82, 2.24) is 5.32 Å². The lowest BCUT2D eigenvalue weighted by molar-refractivity contribution is -0.117. The summed E-state index contributed by atoms with van der Waals surface area (Å²) in [4.78, 5) is 23.3. The van der Waals surface area contributed by atoms with Gasteiger partial charge in [0.25, 0.3) is 5.91 Å². The Balaban J connectivity index is 2.91. The first-order valence-corrected chi connectivity index (χ1v) is 6.62. The predicted molar refractivity (Wildman–Crippen MR) is 76.3 cm³/mol. The van der Waals surface area contributed by atoms with Crippen molar-refractivity contribution in [2.45, 2.75) is 26.7 Å². The van der Waals surface area contributed by atoms with E-state index < -0.39 is 11.9 Å². The van der Waals surface area contributed by atoms with Crippen molar-refractivity contribution in [3.8, 4) is 6.07 Å². The number of carbonyl (C=O) groups is 2. The number of nitrogens with one attached hydrogen (secondary N) is 1. The Kier molecular flexibility index (Phi) is 6.21. The summed E-state index contributed by atoms with van der Waals surface area (Å²) in [7, 11) is 1.27. The molecule has 112 valence electrons. The van der Waals surface area contributed by atoms with Gasteiger partial charge in [-0.15, -0.1) is 0 Å². The van der Waals surface area contributed by atoms with Crippen molar-refractivity contribution >= 4 is 18.0 Å². The first kappa shape index (κ1) is 16.5. The van der Waals surface area contributed by atoms with Crippen LogP contribution in [-0.2, 0) is 9.53 Å². The minimum atomic E-state index is -0.526. The molecule has 6 nitrogen and oxygen atoms in total. The number of furan rings is 1. The molecule has 0 saturated heterocycles. The Bertz CT molecular complexity index is 593. The average Bonchev–Trinajstić information content (AvgIpc) is 2.84. The molecule has 1 aromatic rings. The van der Waals surface area contributed by atoms with Crippen LogP contribution in [0.25, 0.3) is 6.08 Å². The van der Waals surface area contributed by atoms with Gasteiger partial charge in [0.1, 0.15) is 28.7 Å². The molecule has 0 unspecified atom stereocenters. The number of nitriles is 1. The minimum Gasteiger partial charge on any atom is -0.465 e. The van der Waals surface area contributed by atoms with E-state index in [0.717, 1.165) is 12.8 Å². The van der Waals surface area contributed by atoms with Crippen LogP contribution in [0.1, 0.15) is 41.6 Å². The van der Waals surface area contributed by atoms with E-state index in [-0.39, 0.29) is 16.9 Å². The number of nitrogens with zero attached hydrogens (tertiary/aromatic N) is 1. The fourth-order valence-corrected chi connectivity index (χ4v) is 1.65. The normalized spacial score (nSPS) is 10.9. The molecule has 1 N–H and O–H groups in total. The highest BCUT2D eigenvalue weighted by Crippen LogP contribution is 2.18. The molecule has 6 heteroatoms. The quantitative estimate of drug-likeness (QED) is 0.375. The van der Waals surface area contributed by atoms with Gasteiger partial charge in [-0.2, -0.15) is 5.26 Å². The Morgan fingerprint density at radius 2 is 2.24 bits per heavy atom. The second-order valence-electron chi connectivity index (χ2n) is 4.39. The Morgan fingerprint density at radius 1 is 1.52 bits per heavy atom. The number of unbranched alkanes of at least 4 members (excludes halogenated alkanes) is 1. The summed E-state index contributed by atoms with van der Waals surface area (Å²) >= 11 is 0. The maximum Gasteiger partial charge on any atom is 0.341 e. The van der Waals surface area contributed by atoms with Gasteiger partial charge in [-0.25, -0.2) is 4.79 Å². The summed E-state index contributed by atoms with van der Waals surface area (Å²) < 4.78 is 9.95. The van der Waals surface area contributed by atoms with E-state index in [1.165, 1.54) is 19.3 Å². The second kappa shape index (κ2) is 7.90. The molecular formula is C15H18N2O4. The molecule has 1 amide bonds. The second-order valence-corrected chi connectivity index (χ2v) is 4.39. The molecule has 1 rings (SSSR count). The van der Waals surface area contributed by atoms with E-state index in [1.54, 1.807) is 6.92 Å². The maximum atomic E-state index is 11.8.